The fraction of sp³-hybridized carbons (Fsp3) is 0.250. The summed E-state index contributed by atoms with van der Waals surface area (Å²) in [6.45, 7) is 6.63. The van der Waals surface area contributed by atoms with Gasteiger partial charge < -0.3 is 18.9 Å². The zero-order chi connectivity index (χ0) is 25.8. The van der Waals surface area contributed by atoms with Gasteiger partial charge in [0.2, 0.25) is 0 Å². The van der Waals surface area contributed by atoms with E-state index in [1.54, 1.807) is 48.5 Å². The maximum absolute atomic E-state index is 12.6. The van der Waals surface area contributed by atoms with Crippen LogP contribution in [-0.4, -0.2) is 37.9 Å². The number of aryl methyl sites for hydroxylation is 1. The Morgan fingerprint density at radius 2 is 1.69 bits per heavy atom. The Kier molecular flexibility index (Phi) is 9.88. The lowest BCUT2D eigenvalue weighted by molar-refractivity contribution is -0.123. The molecule has 3 rings (SSSR count). The summed E-state index contributed by atoms with van der Waals surface area (Å²) in [7, 11) is 0. The average molecular weight is 491 g/mol. The number of carbonyl (C=O) groups excluding carboxylic acids is 2. The second-order valence-electron chi connectivity index (χ2n) is 7.80. The molecule has 3 aromatic rings. The topological polar surface area (TPSA) is 95.5 Å². The Balaban J connectivity index is 1.58. The van der Waals surface area contributed by atoms with Crippen molar-refractivity contribution < 1.29 is 28.5 Å². The zero-order valence-electron chi connectivity index (χ0n) is 20.7. The number of hydrazone groups is 1. The van der Waals surface area contributed by atoms with Gasteiger partial charge in [0.15, 0.2) is 18.1 Å². The molecule has 0 saturated carbocycles. The Morgan fingerprint density at radius 3 is 2.42 bits per heavy atom. The van der Waals surface area contributed by atoms with Gasteiger partial charge in [0.05, 0.1) is 25.0 Å². The minimum absolute atomic E-state index is 0.161. The number of ether oxygens (including phenoxy) is 4. The summed E-state index contributed by atoms with van der Waals surface area (Å²) in [5, 5.41) is 3.96. The fourth-order valence-corrected chi connectivity index (χ4v) is 3.09. The molecule has 0 bridgehead atoms. The van der Waals surface area contributed by atoms with E-state index >= 15 is 0 Å². The molecule has 0 aromatic heterocycles. The summed E-state index contributed by atoms with van der Waals surface area (Å²) in [6.07, 6.45) is 2.37. The molecule has 188 valence electrons. The molecule has 0 fully saturated rings. The van der Waals surface area contributed by atoms with Crippen molar-refractivity contribution in [3.63, 3.8) is 0 Å². The minimum atomic E-state index is -0.514. The van der Waals surface area contributed by atoms with Gasteiger partial charge in [-0.15, -0.1) is 0 Å². The van der Waals surface area contributed by atoms with Gasteiger partial charge in [-0.05, 0) is 86.0 Å². The Bertz CT molecular complexity index is 1190. The average Bonchev–Trinajstić information content (AvgIpc) is 2.88. The lowest BCUT2D eigenvalue weighted by atomic mass is 10.2. The summed E-state index contributed by atoms with van der Waals surface area (Å²) in [4.78, 5) is 24.6. The molecule has 0 radical (unpaired) electrons. The Morgan fingerprint density at radius 1 is 0.889 bits per heavy atom. The van der Waals surface area contributed by atoms with Crippen LogP contribution in [0.3, 0.4) is 0 Å². The highest BCUT2D eigenvalue weighted by atomic mass is 16.6. The molecule has 0 aliphatic rings. The largest absolute Gasteiger partial charge is 0.494 e. The van der Waals surface area contributed by atoms with Crippen molar-refractivity contribution in [1.29, 1.82) is 0 Å². The van der Waals surface area contributed by atoms with E-state index in [4.69, 9.17) is 18.9 Å². The number of esters is 1. The standard InChI is InChI=1S/C28H30N2O6/c1-4-15-34-23-12-10-22(11-13-23)28(32)36-25-14-9-21(17-26(25)33-5-2)18-29-30-27(31)19-35-24-8-6-7-20(3)16-24/h6-14,16-18H,4-5,15,19H2,1-3H3,(H,30,31). The van der Waals surface area contributed by atoms with E-state index < -0.39 is 11.9 Å². The van der Waals surface area contributed by atoms with Crippen molar-refractivity contribution in [2.75, 3.05) is 19.8 Å². The van der Waals surface area contributed by atoms with Gasteiger partial charge in [-0.2, -0.15) is 5.10 Å². The summed E-state index contributed by atoms with van der Waals surface area (Å²) < 4.78 is 22.2. The lowest BCUT2D eigenvalue weighted by Gasteiger charge is -2.12. The van der Waals surface area contributed by atoms with Gasteiger partial charge >= 0.3 is 5.97 Å². The summed E-state index contributed by atoms with van der Waals surface area (Å²) >= 11 is 0. The monoisotopic (exact) mass is 490 g/mol. The second-order valence-corrected chi connectivity index (χ2v) is 7.80. The smallest absolute Gasteiger partial charge is 0.343 e. The highest BCUT2D eigenvalue weighted by molar-refractivity contribution is 5.92. The van der Waals surface area contributed by atoms with E-state index in [-0.39, 0.29) is 12.4 Å². The highest BCUT2D eigenvalue weighted by Gasteiger charge is 2.13. The molecule has 1 N–H and O–H groups in total. The molecule has 0 spiro atoms. The number of hydrogen-bond acceptors (Lipinski definition) is 7. The molecule has 1 amide bonds. The second kappa shape index (κ2) is 13.5. The first-order valence-electron chi connectivity index (χ1n) is 11.7. The molecule has 36 heavy (non-hydrogen) atoms. The molecule has 0 unspecified atom stereocenters. The SMILES string of the molecule is CCCOc1ccc(C(=O)Oc2ccc(C=NNC(=O)COc3cccc(C)c3)cc2OCC)cc1. The molecule has 0 aliphatic carbocycles. The summed E-state index contributed by atoms with van der Waals surface area (Å²) in [5.41, 5.74) is 4.50. The summed E-state index contributed by atoms with van der Waals surface area (Å²) in [6, 6.07) is 19.2. The molecular formula is C28H30N2O6. The molecule has 0 aliphatic heterocycles. The molecule has 0 heterocycles. The molecule has 8 nitrogen and oxygen atoms in total. The van der Waals surface area contributed by atoms with E-state index in [9.17, 15) is 9.59 Å². The van der Waals surface area contributed by atoms with Gasteiger partial charge in [-0.3, -0.25) is 4.79 Å². The molecular weight excluding hydrogens is 460 g/mol. The number of amides is 1. The molecule has 3 aromatic carbocycles. The first kappa shape index (κ1) is 26.3. The van der Waals surface area contributed by atoms with Crippen molar-refractivity contribution in [2.24, 2.45) is 5.10 Å². The summed E-state index contributed by atoms with van der Waals surface area (Å²) in [5.74, 6) is 1.06. The van der Waals surface area contributed by atoms with Crippen LogP contribution in [0.25, 0.3) is 0 Å². The van der Waals surface area contributed by atoms with E-state index in [1.165, 1.54) is 6.21 Å². The van der Waals surface area contributed by atoms with E-state index in [0.717, 1.165) is 12.0 Å². The van der Waals surface area contributed by atoms with E-state index in [1.807, 2.05) is 39.0 Å². The fourth-order valence-electron chi connectivity index (χ4n) is 3.09. The number of carbonyl (C=O) groups is 2. The van der Waals surface area contributed by atoms with Crippen LogP contribution >= 0.6 is 0 Å². The lowest BCUT2D eigenvalue weighted by Crippen LogP contribution is -2.24. The van der Waals surface area contributed by atoms with Gasteiger partial charge in [0, 0.05) is 0 Å². The number of benzene rings is 3. The maximum atomic E-state index is 12.6. The van der Waals surface area contributed by atoms with Crippen LogP contribution in [0.4, 0.5) is 0 Å². The Labute approximate surface area is 210 Å². The molecule has 0 saturated heterocycles. The Hall–Kier alpha value is -4.33. The minimum Gasteiger partial charge on any atom is -0.494 e. The van der Waals surface area contributed by atoms with Gasteiger partial charge in [-0.1, -0.05) is 19.1 Å². The van der Waals surface area contributed by atoms with Gasteiger partial charge in [0.1, 0.15) is 11.5 Å². The number of nitrogens with zero attached hydrogens (tertiary/aromatic N) is 1. The van der Waals surface area contributed by atoms with Crippen molar-refractivity contribution >= 4 is 18.1 Å². The van der Waals surface area contributed by atoms with Crippen molar-refractivity contribution in [3.8, 4) is 23.0 Å². The van der Waals surface area contributed by atoms with Gasteiger partial charge in [-0.25, -0.2) is 10.2 Å². The number of rotatable bonds is 12. The van der Waals surface area contributed by atoms with Crippen molar-refractivity contribution in [3.05, 3.63) is 83.4 Å². The quantitative estimate of drug-likeness (QED) is 0.167. The number of hydrogen-bond donors (Lipinski definition) is 1. The predicted molar refractivity (Wildman–Crippen MR) is 137 cm³/mol. The van der Waals surface area contributed by atoms with Crippen molar-refractivity contribution in [2.45, 2.75) is 27.2 Å². The highest BCUT2D eigenvalue weighted by Crippen LogP contribution is 2.29. The van der Waals surface area contributed by atoms with Gasteiger partial charge in [0.25, 0.3) is 5.91 Å². The van der Waals surface area contributed by atoms with Crippen LogP contribution in [0.2, 0.25) is 0 Å². The number of nitrogens with one attached hydrogen (secondary N) is 1. The van der Waals surface area contributed by atoms with E-state index in [0.29, 0.717) is 41.6 Å². The van der Waals surface area contributed by atoms with Crippen molar-refractivity contribution in [1.82, 2.24) is 5.43 Å². The van der Waals surface area contributed by atoms with Crippen LogP contribution in [0.5, 0.6) is 23.0 Å². The van der Waals surface area contributed by atoms with Crippen LogP contribution in [0.15, 0.2) is 71.8 Å². The zero-order valence-corrected chi connectivity index (χ0v) is 20.7. The van der Waals surface area contributed by atoms with Crippen LogP contribution in [0, 0.1) is 6.92 Å². The maximum Gasteiger partial charge on any atom is 0.343 e. The predicted octanol–water partition coefficient (Wildman–Crippen LogP) is 4.93. The third-order valence-corrected chi connectivity index (χ3v) is 4.80. The van der Waals surface area contributed by atoms with Crippen LogP contribution in [0.1, 0.15) is 41.8 Å². The molecule has 0 atom stereocenters. The third kappa shape index (κ3) is 8.16. The third-order valence-electron chi connectivity index (χ3n) is 4.80. The normalized spacial score (nSPS) is 10.6. The van der Waals surface area contributed by atoms with E-state index in [2.05, 4.69) is 10.5 Å². The van der Waals surface area contributed by atoms with Crippen LogP contribution < -0.4 is 24.4 Å². The first-order valence-corrected chi connectivity index (χ1v) is 11.7. The first-order chi connectivity index (χ1) is 17.5. The van der Waals surface area contributed by atoms with Crippen LogP contribution in [-0.2, 0) is 4.79 Å². The molecule has 8 heteroatoms.